The first-order valence-electron chi connectivity index (χ1n) is 4.59. The minimum atomic E-state index is -0.962. The molecule has 14 heavy (non-hydrogen) atoms. The third kappa shape index (κ3) is 2.05. The van der Waals surface area contributed by atoms with Crippen LogP contribution in [0, 0.1) is 6.92 Å². The van der Waals surface area contributed by atoms with Gasteiger partial charge in [-0.15, -0.1) is 0 Å². The van der Waals surface area contributed by atoms with Crippen LogP contribution >= 0.6 is 0 Å². The van der Waals surface area contributed by atoms with Crippen LogP contribution in [0.3, 0.4) is 0 Å². The fourth-order valence-electron chi connectivity index (χ4n) is 1.48. The lowest BCUT2D eigenvalue weighted by molar-refractivity contribution is 0.0661. The highest BCUT2D eigenvalue weighted by molar-refractivity contribution is 5.38. The summed E-state index contributed by atoms with van der Waals surface area (Å²) in [4.78, 5) is 0. The van der Waals surface area contributed by atoms with Crippen LogP contribution in [-0.4, -0.2) is 18.8 Å². The van der Waals surface area contributed by atoms with E-state index in [0.717, 1.165) is 16.9 Å². The standard InChI is InChI=1S/C11H17NO2/c1-8-6-9(14-3)4-5-10(8)11(2,13)7-12/h4-6,13H,7,12H2,1-3H3. The maximum absolute atomic E-state index is 9.97. The summed E-state index contributed by atoms with van der Waals surface area (Å²) in [6.07, 6.45) is 0. The summed E-state index contributed by atoms with van der Waals surface area (Å²) in [5, 5.41) is 9.97. The molecule has 1 atom stereocenters. The molecule has 3 nitrogen and oxygen atoms in total. The van der Waals surface area contributed by atoms with Gasteiger partial charge in [0.1, 0.15) is 5.75 Å². The maximum atomic E-state index is 9.97. The lowest BCUT2D eigenvalue weighted by Gasteiger charge is -2.23. The van der Waals surface area contributed by atoms with Crippen molar-refractivity contribution in [1.29, 1.82) is 0 Å². The molecule has 1 aromatic carbocycles. The van der Waals surface area contributed by atoms with E-state index in [4.69, 9.17) is 10.5 Å². The molecule has 1 unspecified atom stereocenters. The number of ether oxygens (including phenoxy) is 1. The van der Waals surface area contributed by atoms with Gasteiger partial charge in [0.2, 0.25) is 0 Å². The van der Waals surface area contributed by atoms with Crippen LogP contribution in [0.2, 0.25) is 0 Å². The van der Waals surface area contributed by atoms with Crippen LogP contribution < -0.4 is 10.5 Å². The Morgan fingerprint density at radius 1 is 1.50 bits per heavy atom. The second-order valence-corrected chi connectivity index (χ2v) is 3.66. The zero-order valence-corrected chi connectivity index (χ0v) is 8.87. The molecular weight excluding hydrogens is 178 g/mol. The highest BCUT2D eigenvalue weighted by Gasteiger charge is 2.22. The molecule has 0 aliphatic rings. The van der Waals surface area contributed by atoms with E-state index in [1.54, 1.807) is 14.0 Å². The van der Waals surface area contributed by atoms with Crippen molar-refractivity contribution in [3.05, 3.63) is 29.3 Å². The molecule has 1 rings (SSSR count). The normalized spacial score (nSPS) is 14.9. The van der Waals surface area contributed by atoms with E-state index in [1.807, 2.05) is 25.1 Å². The minimum Gasteiger partial charge on any atom is -0.497 e. The summed E-state index contributed by atoms with van der Waals surface area (Å²) in [7, 11) is 1.62. The van der Waals surface area contributed by atoms with Gasteiger partial charge in [-0.05, 0) is 37.1 Å². The van der Waals surface area contributed by atoms with Crippen molar-refractivity contribution in [1.82, 2.24) is 0 Å². The van der Waals surface area contributed by atoms with Crippen LogP contribution in [0.1, 0.15) is 18.1 Å². The van der Waals surface area contributed by atoms with Gasteiger partial charge in [-0.1, -0.05) is 6.07 Å². The van der Waals surface area contributed by atoms with Gasteiger partial charge in [0.05, 0.1) is 12.7 Å². The van der Waals surface area contributed by atoms with Gasteiger partial charge in [-0.3, -0.25) is 0 Å². The number of nitrogens with two attached hydrogens (primary N) is 1. The number of benzene rings is 1. The van der Waals surface area contributed by atoms with Crippen molar-refractivity contribution in [3.8, 4) is 5.75 Å². The van der Waals surface area contributed by atoms with E-state index in [1.165, 1.54) is 0 Å². The summed E-state index contributed by atoms with van der Waals surface area (Å²) in [5.41, 5.74) is 6.37. The molecule has 78 valence electrons. The Bertz CT molecular complexity index is 321. The second-order valence-electron chi connectivity index (χ2n) is 3.66. The Hall–Kier alpha value is -1.06. The average Bonchev–Trinajstić information content (AvgIpc) is 2.17. The molecule has 3 N–H and O–H groups in total. The van der Waals surface area contributed by atoms with E-state index >= 15 is 0 Å². The van der Waals surface area contributed by atoms with Crippen LogP contribution in [0.25, 0.3) is 0 Å². The van der Waals surface area contributed by atoms with Gasteiger partial charge in [0.25, 0.3) is 0 Å². The highest BCUT2D eigenvalue weighted by Crippen LogP contribution is 2.26. The molecule has 0 radical (unpaired) electrons. The van der Waals surface area contributed by atoms with Crippen molar-refractivity contribution in [2.75, 3.05) is 13.7 Å². The molecule has 0 saturated heterocycles. The number of hydrogen-bond acceptors (Lipinski definition) is 3. The lowest BCUT2D eigenvalue weighted by Crippen LogP contribution is -2.32. The monoisotopic (exact) mass is 195 g/mol. The number of aliphatic hydroxyl groups is 1. The Labute approximate surface area is 84.5 Å². The van der Waals surface area contributed by atoms with Crippen LogP contribution in [-0.2, 0) is 5.60 Å². The first-order chi connectivity index (χ1) is 6.51. The zero-order valence-electron chi connectivity index (χ0n) is 8.87. The van der Waals surface area contributed by atoms with Crippen molar-refractivity contribution < 1.29 is 9.84 Å². The lowest BCUT2D eigenvalue weighted by atomic mass is 9.92. The fourth-order valence-corrected chi connectivity index (χ4v) is 1.48. The average molecular weight is 195 g/mol. The van der Waals surface area contributed by atoms with Crippen LogP contribution in [0.15, 0.2) is 18.2 Å². The summed E-state index contributed by atoms with van der Waals surface area (Å²) in [6, 6.07) is 5.56. The van der Waals surface area contributed by atoms with E-state index in [0.29, 0.717) is 0 Å². The summed E-state index contributed by atoms with van der Waals surface area (Å²) in [5.74, 6) is 0.791. The minimum absolute atomic E-state index is 0.209. The predicted molar refractivity (Wildman–Crippen MR) is 56.4 cm³/mol. The summed E-state index contributed by atoms with van der Waals surface area (Å²) >= 11 is 0. The Kier molecular flexibility index (Phi) is 3.13. The third-order valence-electron chi connectivity index (χ3n) is 2.41. The van der Waals surface area contributed by atoms with Crippen molar-refractivity contribution in [3.63, 3.8) is 0 Å². The van der Waals surface area contributed by atoms with Gasteiger partial charge < -0.3 is 15.6 Å². The molecule has 0 aliphatic heterocycles. The molecule has 0 spiro atoms. The highest BCUT2D eigenvalue weighted by atomic mass is 16.5. The van der Waals surface area contributed by atoms with Crippen LogP contribution in [0.5, 0.6) is 5.75 Å². The number of hydrogen-bond donors (Lipinski definition) is 2. The molecule has 0 bridgehead atoms. The zero-order chi connectivity index (χ0) is 10.8. The smallest absolute Gasteiger partial charge is 0.119 e. The Morgan fingerprint density at radius 3 is 2.57 bits per heavy atom. The third-order valence-corrected chi connectivity index (χ3v) is 2.41. The van der Waals surface area contributed by atoms with Gasteiger partial charge in [-0.2, -0.15) is 0 Å². The van der Waals surface area contributed by atoms with Crippen molar-refractivity contribution in [2.45, 2.75) is 19.4 Å². The molecular formula is C11H17NO2. The predicted octanol–water partition coefficient (Wildman–Crippen LogP) is 1.17. The van der Waals surface area contributed by atoms with E-state index in [9.17, 15) is 5.11 Å². The number of methoxy groups -OCH3 is 1. The number of aryl methyl sites for hydroxylation is 1. The molecule has 0 aromatic heterocycles. The van der Waals surface area contributed by atoms with Crippen LogP contribution in [0.4, 0.5) is 0 Å². The first-order valence-corrected chi connectivity index (χ1v) is 4.59. The second kappa shape index (κ2) is 3.98. The molecule has 0 amide bonds. The first kappa shape index (κ1) is 11.0. The van der Waals surface area contributed by atoms with Gasteiger partial charge in [0.15, 0.2) is 0 Å². The summed E-state index contributed by atoms with van der Waals surface area (Å²) < 4.78 is 5.08. The SMILES string of the molecule is COc1ccc(C(C)(O)CN)c(C)c1. The molecule has 0 saturated carbocycles. The van der Waals surface area contributed by atoms with Gasteiger partial charge >= 0.3 is 0 Å². The molecule has 1 aromatic rings. The number of rotatable bonds is 3. The fraction of sp³-hybridized carbons (Fsp3) is 0.455. The quantitative estimate of drug-likeness (QED) is 0.761. The molecule has 0 fully saturated rings. The maximum Gasteiger partial charge on any atom is 0.119 e. The Balaban J connectivity index is 3.12. The van der Waals surface area contributed by atoms with Crippen molar-refractivity contribution >= 4 is 0 Å². The molecule has 3 heteroatoms. The van der Waals surface area contributed by atoms with E-state index < -0.39 is 5.60 Å². The van der Waals surface area contributed by atoms with Crippen molar-refractivity contribution in [2.24, 2.45) is 5.73 Å². The van der Waals surface area contributed by atoms with Gasteiger partial charge in [0, 0.05) is 6.54 Å². The largest absolute Gasteiger partial charge is 0.497 e. The molecule has 0 heterocycles. The van der Waals surface area contributed by atoms with E-state index in [2.05, 4.69) is 0 Å². The molecule has 0 aliphatic carbocycles. The topological polar surface area (TPSA) is 55.5 Å². The van der Waals surface area contributed by atoms with Gasteiger partial charge in [-0.25, -0.2) is 0 Å². The Morgan fingerprint density at radius 2 is 2.14 bits per heavy atom. The summed E-state index contributed by atoms with van der Waals surface area (Å²) in [6.45, 7) is 3.85. The van der Waals surface area contributed by atoms with E-state index in [-0.39, 0.29) is 6.54 Å².